The van der Waals surface area contributed by atoms with Gasteiger partial charge in [0.05, 0.1) is 19.3 Å². The Labute approximate surface area is 181 Å². The molecule has 3 rings (SSSR count). The molecular weight excluding hydrogens is 439 g/mol. The molecule has 1 aliphatic rings. The highest BCUT2D eigenvalue weighted by Crippen LogP contribution is 2.35. The molecular formula is C19H21ClF3N5O3. The van der Waals surface area contributed by atoms with Crippen LogP contribution in [-0.2, 0) is 35.3 Å². The minimum atomic E-state index is -4.68. The summed E-state index contributed by atoms with van der Waals surface area (Å²) >= 11 is 5.94. The van der Waals surface area contributed by atoms with Crippen molar-refractivity contribution in [2.45, 2.75) is 25.7 Å². The molecule has 0 spiro atoms. The largest absolute Gasteiger partial charge is 0.495 e. The molecule has 0 saturated carbocycles. The predicted octanol–water partition coefficient (Wildman–Crippen LogP) is 2.31. The number of ether oxygens (including phenoxy) is 1. The van der Waals surface area contributed by atoms with Gasteiger partial charge in [0, 0.05) is 42.8 Å². The third-order valence-electron chi connectivity index (χ3n) is 4.86. The Hall–Kier alpha value is -2.79. The van der Waals surface area contributed by atoms with Gasteiger partial charge in [-0.25, -0.2) is 0 Å². The second-order valence-corrected chi connectivity index (χ2v) is 7.39. The monoisotopic (exact) mass is 459 g/mol. The molecule has 0 bridgehead atoms. The number of fused-ring (bicyclic) bond motifs is 1. The molecule has 0 unspecified atom stereocenters. The van der Waals surface area contributed by atoms with Gasteiger partial charge in [0.2, 0.25) is 11.8 Å². The number of nitrogens with zero attached hydrogens (tertiary/aromatic N) is 3. The molecule has 1 aliphatic heterocycles. The molecule has 0 fully saturated rings. The van der Waals surface area contributed by atoms with E-state index in [1.807, 2.05) is 0 Å². The molecule has 12 heteroatoms. The third kappa shape index (κ3) is 5.28. The van der Waals surface area contributed by atoms with Crippen molar-refractivity contribution in [3.05, 3.63) is 40.2 Å². The molecule has 1 aromatic carbocycles. The van der Waals surface area contributed by atoms with E-state index in [1.54, 1.807) is 17.0 Å². The van der Waals surface area contributed by atoms with E-state index in [2.05, 4.69) is 15.7 Å². The Bertz CT molecular complexity index is 993. The Balaban J connectivity index is 1.84. The van der Waals surface area contributed by atoms with Crippen molar-refractivity contribution in [1.29, 1.82) is 0 Å². The smallest absolute Gasteiger partial charge is 0.435 e. The topological polar surface area (TPSA) is 88.5 Å². The van der Waals surface area contributed by atoms with Gasteiger partial charge in [-0.15, -0.1) is 0 Å². The highest BCUT2D eigenvalue weighted by molar-refractivity contribution is 6.31. The van der Waals surface area contributed by atoms with Crippen LogP contribution in [0.2, 0.25) is 5.02 Å². The number of methoxy groups -OCH3 is 1. The number of likely N-dealkylation sites (N-methyl/N-ethyl adjacent to an activating group) is 1. The summed E-state index contributed by atoms with van der Waals surface area (Å²) in [6.07, 6.45) is -4.46. The van der Waals surface area contributed by atoms with Gasteiger partial charge in [-0.1, -0.05) is 11.6 Å². The second kappa shape index (κ2) is 9.15. The molecule has 1 aromatic heterocycles. The van der Waals surface area contributed by atoms with Crippen molar-refractivity contribution in [3.8, 4) is 5.75 Å². The average Bonchev–Trinajstić information content (AvgIpc) is 3.06. The highest BCUT2D eigenvalue weighted by atomic mass is 35.5. The van der Waals surface area contributed by atoms with Crippen LogP contribution in [0.4, 0.5) is 18.9 Å². The quantitative estimate of drug-likeness (QED) is 0.692. The highest BCUT2D eigenvalue weighted by Gasteiger charge is 2.41. The van der Waals surface area contributed by atoms with Crippen molar-refractivity contribution in [2.75, 3.05) is 32.6 Å². The van der Waals surface area contributed by atoms with Crippen molar-refractivity contribution in [3.63, 3.8) is 0 Å². The van der Waals surface area contributed by atoms with E-state index in [-0.39, 0.29) is 31.0 Å². The van der Waals surface area contributed by atoms with Crippen molar-refractivity contribution in [2.24, 2.45) is 0 Å². The molecule has 31 heavy (non-hydrogen) atoms. The minimum absolute atomic E-state index is 0.0178. The van der Waals surface area contributed by atoms with Gasteiger partial charge in [-0.05, 0) is 18.2 Å². The maximum Gasteiger partial charge on any atom is 0.435 e. The number of carbonyl (C=O) groups excluding carboxylic acids is 2. The van der Waals surface area contributed by atoms with Crippen LogP contribution in [0.1, 0.15) is 17.0 Å². The van der Waals surface area contributed by atoms with Gasteiger partial charge < -0.3 is 15.4 Å². The van der Waals surface area contributed by atoms with E-state index in [0.29, 0.717) is 28.7 Å². The minimum Gasteiger partial charge on any atom is -0.495 e. The lowest BCUT2D eigenvalue weighted by molar-refractivity contribution is -0.142. The number of benzene rings is 1. The Morgan fingerprint density at radius 1 is 1.26 bits per heavy atom. The predicted molar refractivity (Wildman–Crippen MR) is 107 cm³/mol. The lowest BCUT2D eigenvalue weighted by atomic mass is 10.0. The zero-order chi connectivity index (χ0) is 22.8. The molecule has 2 N–H and O–H groups in total. The number of rotatable bonds is 6. The summed E-state index contributed by atoms with van der Waals surface area (Å²) in [5.74, 6) is -0.507. The van der Waals surface area contributed by atoms with Crippen LogP contribution in [0.15, 0.2) is 18.2 Å². The van der Waals surface area contributed by atoms with Crippen LogP contribution >= 0.6 is 11.6 Å². The van der Waals surface area contributed by atoms with Crippen LogP contribution in [0.25, 0.3) is 0 Å². The number of hydrogen-bond acceptors (Lipinski definition) is 5. The summed E-state index contributed by atoms with van der Waals surface area (Å²) < 4.78 is 46.9. The number of hydrogen-bond donors (Lipinski definition) is 2. The molecule has 2 aromatic rings. The summed E-state index contributed by atoms with van der Waals surface area (Å²) in [6, 6.07) is 4.63. The number of nitrogens with one attached hydrogen (secondary N) is 2. The molecule has 2 amide bonds. The molecule has 0 saturated heterocycles. The fourth-order valence-corrected chi connectivity index (χ4v) is 3.60. The number of carbonyl (C=O) groups is 2. The molecule has 168 valence electrons. The van der Waals surface area contributed by atoms with Crippen LogP contribution in [0.3, 0.4) is 0 Å². The van der Waals surface area contributed by atoms with Crippen LogP contribution < -0.4 is 15.4 Å². The van der Waals surface area contributed by atoms with E-state index in [1.165, 1.54) is 20.2 Å². The maximum atomic E-state index is 13.6. The first-order valence-corrected chi connectivity index (χ1v) is 9.72. The molecule has 0 radical (unpaired) electrons. The standard InChI is InChI=1S/C19H21ClF3N5O3/c1-24-16(29)9-27-6-5-14-12(8-27)18(19(21,22)23)26-28(14)10-17(30)25-13-7-11(20)3-4-15(13)31-2/h3-4,7H,5-6,8-10H2,1-2H3,(H,24,29)(H,25,30). The summed E-state index contributed by atoms with van der Waals surface area (Å²) in [7, 11) is 2.88. The fourth-order valence-electron chi connectivity index (χ4n) is 3.43. The molecule has 0 atom stereocenters. The first-order valence-electron chi connectivity index (χ1n) is 9.34. The zero-order valence-electron chi connectivity index (χ0n) is 16.8. The second-order valence-electron chi connectivity index (χ2n) is 6.96. The van der Waals surface area contributed by atoms with E-state index in [4.69, 9.17) is 16.3 Å². The Morgan fingerprint density at radius 2 is 2.00 bits per heavy atom. The molecule has 0 aliphatic carbocycles. The third-order valence-corrected chi connectivity index (χ3v) is 5.09. The van der Waals surface area contributed by atoms with Gasteiger partial charge >= 0.3 is 6.18 Å². The van der Waals surface area contributed by atoms with Crippen molar-refractivity contribution >= 4 is 29.1 Å². The van der Waals surface area contributed by atoms with Gasteiger partial charge in [0.15, 0.2) is 5.69 Å². The number of anilines is 1. The summed E-state index contributed by atoms with van der Waals surface area (Å²) in [6.45, 7) is -0.147. The van der Waals surface area contributed by atoms with Crippen molar-refractivity contribution < 1.29 is 27.5 Å². The van der Waals surface area contributed by atoms with Gasteiger partial charge in [-0.2, -0.15) is 18.3 Å². The van der Waals surface area contributed by atoms with Crippen LogP contribution in [-0.4, -0.2) is 53.7 Å². The Kier molecular flexibility index (Phi) is 6.75. The zero-order valence-corrected chi connectivity index (χ0v) is 17.6. The van der Waals surface area contributed by atoms with Crippen molar-refractivity contribution in [1.82, 2.24) is 20.0 Å². The number of amides is 2. The lowest BCUT2D eigenvalue weighted by Gasteiger charge is -2.27. The number of alkyl halides is 3. The number of aromatic nitrogens is 2. The van der Waals surface area contributed by atoms with Gasteiger partial charge in [0.25, 0.3) is 0 Å². The van der Waals surface area contributed by atoms with E-state index in [0.717, 1.165) is 4.68 Å². The average molecular weight is 460 g/mol. The molecule has 2 heterocycles. The molecule has 8 nitrogen and oxygen atoms in total. The maximum absolute atomic E-state index is 13.6. The fraction of sp³-hybridized carbons (Fsp3) is 0.421. The van der Waals surface area contributed by atoms with Gasteiger partial charge in [-0.3, -0.25) is 19.2 Å². The summed E-state index contributed by atoms with van der Waals surface area (Å²) in [5, 5.41) is 9.10. The first-order chi connectivity index (χ1) is 14.6. The SMILES string of the molecule is CNC(=O)CN1CCc2c(c(C(F)(F)F)nn2CC(=O)Nc2cc(Cl)ccc2OC)C1. The summed E-state index contributed by atoms with van der Waals surface area (Å²) in [4.78, 5) is 25.8. The van der Waals surface area contributed by atoms with Crippen LogP contribution in [0.5, 0.6) is 5.75 Å². The van der Waals surface area contributed by atoms with Gasteiger partial charge in [0.1, 0.15) is 12.3 Å². The van der Waals surface area contributed by atoms with Crippen LogP contribution in [0, 0.1) is 0 Å². The Morgan fingerprint density at radius 3 is 2.65 bits per heavy atom. The lowest BCUT2D eigenvalue weighted by Crippen LogP contribution is -2.39. The normalized spacial score (nSPS) is 14.1. The van der Waals surface area contributed by atoms with E-state index >= 15 is 0 Å². The first kappa shape index (κ1) is 22.9. The summed E-state index contributed by atoms with van der Waals surface area (Å²) in [5.41, 5.74) is -0.435. The van der Waals surface area contributed by atoms with E-state index < -0.39 is 24.3 Å². The van der Waals surface area contributed by atoms with E-state index in [9.17, 15) is 22.8 Å². The number of halogens is 4.